The van der Waals surface area contributed by atoms with Crippen LogP contribution in [0.1, 0.15) is 72.9 Å². The third-order valence-corrected chi connectivity index (χ3v) is 17.5. The van der Waals surface area contributed by atoms with Crippen molar-refractivity contribution in [1.82, 2.24) is 4.40 Å². The molecule has 0 saturated heterocycles. The number of anilines is 6. The highest BCUT2D eigenvalue weighted by molar-refractivity contribution is 6.29. The normalized spacial score (nSPS) is 12.9. The summed E-state index contributed by atoms with van der Waals surface area (Å²) in [6, 6.07) is 88.1. The Morgan fingerprint density at radius 2 is 0.825 bits per heavy atom. The van der Waals surface area contributed by atoms with Crippen molar-refractivity contribution in [2.24, 2.45) is 0 Å². The monoisotopic (exact) mass is 1030 g/mol. The number of fused-ring (bicyclic) bond motifs is 17. The molecule has 13 aromatic rings. The van der Waals surface area contributed by atoms with E-state index in [0.29, 0.717) is 11.8 Å². The van der Waals surface area contributed by atoms with Crippen molar-refractivity contribution in [2.45, 2.75) is 44.9 Å². The second-order valence-electron chi connectivity index (χ2n) is 22.3. The lowest BCUT2D eigenvalue weighted by Gasteiger charge is -2.30. The van der Waals surface area contributed by atoms with Crippen LogP contribution in [0, 0.1) is 0 Å². The molecule has 0 radical (unpaired) electrons. The highest BCUT2D eigenvalue weighted by Crippen LogP contribution is 2.64. The standard InChI is InChI=1S/C75H59N3O2/c1-46(2)48-25-31-51(32-26-48)76(54-15-13-17-57(43-54)79-5)52-35-29-50(30-36-52)59-39-40-63-62-38-37-56(77(55-16-14-18-58(44-55)80-6)53-33-27-49(28-34-53)47(3)4)45-70(62)78-73(63)71(59)65-41-42-69-72(74(65)78)64-21-9-12-24-68(64)75(69)66-22-10-7-19-60(66)61-20-8-11-23-67(61)75/h7-47H,1-6H3. The molecule has 2 aliphatic rings. The molecule has 15 rings (SSSR count). The largest absolute Gasteiger partial charge is 0.497 e. The molecule has 0 amide bonds. The second-order valence-corrected chi connectivity index (χ2v) is 22.3. The molecule has 2 aliphatic carbocycles. The van der Waals surface area contributed by atoms with Crippen LogP contribution in [0.25, 0.3) is 71.5 Å². The van der Waals surface area contributed by atoms with Gasteiger partial charge in [0.05, 0.1) is 36.2 Å². The maximum Gasteiger partial charge on any atom is 0.120 e. The second kappa shape index (κ2) is 18.3. The average molecular weight is 1030 g/mol. The van der Waals surface area contributed by atoms with Crippen molar-refractivity contribution in [3.8, 4) is 44.9 Å². The zero-order chi connectivity index (χ0) is 54.0. The van der Waals surface area contributed by atoms with E-state index in [0.717, 1.165) is 56.7 Å². The Morgan fingerprint density at radius 1 is 0.362 bits per heavy atom. The Bertz CT molecular complexity index is 4520. The van der Waals surface area contributed by atoms with Crippen LogP contribution in [0.15, 0.2) is 237 Å². The molecule has 0 atom stereocenters. The van der Waals surface area contributed by atoms with Crippen LogP contribution in [0.5, 0.6) is 11.5 Å². The minimum absolute atomic E-state index is 0.415. The number of aromatic nitrogens is 1. The van der Waals surface area contributed by atoms with E-state index in [1.807, 2.05) is 12.1 Å². The predicted octanol–water partition coefficient (Wildman–Crippen LogP) is 20.1. The van der Waals surface area contributed by atoms with E-state index in [2.05, 4.69) is 266 Å². The van der Waals surface area contributed by atoms with E-state index < -0.39 is 5.41 Å². The first kappa shape index (κ1) is 47.6. The van der Waals surface area contributed by atoms with E-state index >= 15 is 0 Å². The van der Waals surface area contributed by atoms with Crippen molar-refractivity contribution in [3.05, 3.63) is 270 Å². The van der Waals surface area contributed by atoms with Gasteiger partial charge in [0.15, 0.2) is 0 Å². The van der Waals surface area contributed by atoms with Crippen molar-refractivity contribution in [1.29, 1.82) is 0 Å². The maximum absolute atomic E-state index is 5.86. The number of hydrogen-bond donors (Lipinski definition) is 0. The van der Waals surface area contributed by atoms with Crippen LogP contribution in [0.2, 0.25) is 0 Å². The molecule has 0 bridgehead atoms. The first-order valence-electron chi connectivity index (χ1n) is 28.0. The Morgan fingerprint density at radius 3 is 1.38 bits per heavy atom. The summed E-state index contributed by atoms with van der Waals surface area (Å²) in [5.41, 5.74) is 24.9. The van der Waals surface area contributed by atoms with Gasteiger partial charge in [-0.15, -0.1) is 0 Å². The number of hydrogen-bond acceptors (Lipinski definition) is 4. The van der Waals surface area contributed by atoms with Crippen molar-refractivity contribution in [2.75, 3.05) is 24.0 Å². The third-order valence-electron chi connectivity index (χ3n) is 17.5. The first-order chi connectivity index (χ1) is 39.2. The minimum atomic E-state index is -0.496. The lowest BCUT2D eigenvalue weighted by Crippen LogP contribution is -2.25. The molecule has 0 N–H and O–H groups in total. The van der Waals surface area contributed by atoms with Crippen LogP contribution in [0.4, 0.5) is 34.1 Å². The van der Waals surface area contributed by atoms with E-state index in [9.17, 15) is 0 Å². The van der Waals surface area contributed by atoms with Gasteiger partial charge in [-0.05, 0) is 146 Å². The molecule has 0 fully saturated rings. The first-order valence-corrected chi connectivity index (χ1v) is 28.0. The Hall–Kier alpha value is -9.58. The summed E-state index contributed by atoms with van der Waals surface area (Å²) in [4.78, 5) is 4.70. The van der Waals surface area contributed by atoms with Gasteiger partial charge >= 0.3 is 0 Å². The Kier molecular flexibility index (Phi) is 10.9. The lowest BCUT2D eigenvalue weighted by atomic mass is 9.70. The van der Waals surface area contributed by atoms with Crippen LogP contribution in [-0.4, -0.2) is 18.6 Å². The van der Waals surface area contributed by atoms with Gasteiger partial charge in [0, 0.05) is 73.4 Å². The summed E-state index contributed by atoms with van der Waals surface area (Å²) in [5.74, 6) is 2.47. The van der Waals surface area contributed by atoms with E-state index in [-0.39, 0.29) is 0 Å². The molecular formula is C75H59N3O2. The molecule has 2 heterocycles. The molecule has 11 aromatic carbocycles. The number of rotatable bonds is 11. The van der Waals surface area contributed by atoms with Crippen LogP contribution in [0.3, 0.4) is 0 Å². The van der Waals surface area contributed by atoms with E-state index in [4.69, 9.17) is 9.47 Å². The van der Waals surface area contributed by atoms with Gasteiger partial charge in [-0.2, -0.15) is 0 Å². The highest BCUT2D eigenvalue weighted by Gasteiger charge is 2.52. The molecule has 386 valence electrons. The number of benzene rings is 11. The smallest absolute Gasteiger partial charge is 0.120 e. The molecule has 0 aliphatic heterocycles. The number of nitrogens with zero attached hydrogens (tertiary/aromatic N) is 3. The SMILES string of the molecule is COc1cccc(N(c2ccc(-c3ccc4c5ccc(N(c6ccc(C(C)C)cc6)c6cccc(OC)c6)cc5n5c6c7c(ccc6c3c45)C3(c4ccccc4-c4ccccc43)c3ccccc3-7)cc2)c2ccc(C(C)C)cc2)c1. The fraction of sp³-hybridized carbons (Fsp3) is 0.120. The Labute approximate surface area is 467 Å². The van der Waals surface area contributed by atoms with Crippen LogP contribution < -0.4 is 19.3 Å². The maximum atomic E-state index is 5.86. The van der Waals surface area contributed by atoms with Gasteiger partial charge in [-0.25, -0.2) is 0 Å². The highest BCUT2D eigenvalue weighted by atomic mass is 16.5. The minimum Gasteiger partial charge on any atom is -0.497 e. The molecule has 5 nitrogen and oxygen atoms in total. The number of methoxy groups -OCH3 is 2. The van der Waals surface area contributed by atoms with E-state index in [1.165, 1.54) is 93.8 Å². The van der Waals surface area contributed by atoms with Gasteiger partial charge in [0.25, 0.3) is 0 Å². The molecule has 1 spiro atoms. The molecule has 0 saturated carbocycles. The van der Waals surface area contributed by atoms with Crippen LogP contribution in [-0.2, 0) is 5.41 Å². The van der Waals surface area contributed by atoms with Gasteiger partial charge in [-0.1, -0.05) is 179 Å². The summed E-state index contributed by atoms with van der Waals surface area (Å²) >= 11 is 0. The zero-order valence-corrected chi connectivity index (χ0v) is 45.8. The topological polar surface area (TPSA) is 29.4 Å². The van der Waals surface area contributed by atoms with Crippen molar-refractivity contribution >= 4 is 72.2 Å². The quantitative estimate of drug-likeness (QED) is 0.129. The summed E-state index contributed by atoms with van der Waals surface area (Å²) in [6.45, 7) is 8.99. The molecule has 2 aromatic heterocycles. The van der Waals surface area contributed by atoms with Gasteiger partial charge in [0.2, 0.25) is 0 Å². The average Bonchev–Trinajstić information content (AvgIpc) is 4.40. The van der Waals surface area contributed by atoms with Crippen LogP contribution >= 0.6 is 0 Å². The molecule has 5 heteroatoms. The van der Waals surface area contributed by atoms with Crippen molar-refractivity contribution < 1.29 is 9.47 Å². The molecular weight excluding hydrogens is 975 g/mol. The van der Waals surface area contributed by atoms with Gasteiger partial charge in [-0.3, -0.25) is 0 Å². The third kappa shape index (κ3) is 6.89. The summed E-state index contributed by atoms with van der Waals surface area (Å²) in [5, 5.41) is 4.93. The van der Waals surface area contributed by atoms with Gasteiger partial charge < -0.3 is 23.7 Å². The van der Waals surface area contributed by atoms with Gasteiger partial charge in [0.1, 0.15) is 11.5 Å². The zero-order valence-electron chi connectivity index (χ0n) is 45.8. The fourth-order valence-corrected chi connectivity index (χ4v) is 13.8. The Balaban J connectivity index is 1.00. The van der Waals surface area contributed by atoms with Crippen molar-refractivity contribution in [3.63, 3.8) is 0 Å². The fourth-order valence-electron chi connectivity index (χ4n) is 13.8. The summed E-state index contributed by atoms with van der Waals surface area (Å²) in [7, 11) is 3.47. The number of ether oxygens (including phenoxy) is 2. The molecule has 80 heavy (non-hydrogen) atoms. The predicted molar refractivity (Wildman–Crippen MR) is 333 cm³/mol. The summed E-state index contributed by atoms with van der Waals surface area (Å²) < 4.78 is 14.3. The summed E-state index contributed by atoms with van der Waals surface area (Å²) in [6.07, 6.45) is 0. The molecule has 0 unspecified atom stereocenters. The van der Waals surface area contributed by atoms with E-state index in [1.54, 1.807) is 14.2 Å². The lowest BCUT2D eigenvalue weighted by molar-refractivity contribution is 0.415.